The van der Waals surface area contributed by atoms with E-state index in [2.05, 4.69) is 5.32 Å². The first-order chi connectivity index (χ1) is 6.72. The van der Waals surface area contributed by atoms with E-state index < -0.39 is 11.7 Å². The largest absolute Gasteiger partial charge is 0.406 e. The van der Waals surface area contributed by atoms with E-state index in [1.807, 2.05) is 0 Å². The number of halogens is 4. The molecule has 2 nitrogen and oxygen atoms in total. The molecule has 98 valence electrons. The van der Waals surface area contributed by atoms with E-state index in [1.165, 1.54) is 13.8 Å². The SMILES string of the molecule is CC(C)(NC1CCC(N)CC1)C(F)(F)F.Cl. The second-order valence-corrected chi connectivity index (χ2v) is 4.88. The molecule has 16 heavy (non-hydrogen) atoms. The molecule has 0 aliphatic heterocycles. The molecule has 6 heteroatoms. The molecule has 3 N–H and O–H groups in total. The third kappa shape index (κ3) is 4.11. The first kappa shape index (κ1) is 16.0. The molecule has 0 aromatic rings. The minimum atomic E-state index is -4.20. The average Bonchev–Trinajstić information content (AvgIpc) is 2.06. The van der Waals surface area contributed by atoms with E-state index in [0.29, 0.717) is 0 Å². The van der Waals surface area contributed by atoms with Crippen molar-refractivity contribution in [2.24, 2.45) is 5.73 Å². The molecule has 0 saturated heterocycles. The van der Waals surface area contributed by atoms with Crippen LogP contribution in [0.2, 0.25) is 0 Å². The van der Waals surface area contributed by atoms with Gasteiger partial charge in [0.15, 0.2) is 0 Å². The fourth-order valence-electron chi connectivity index (χ4n) is 1.86. The van der Waals surface area contributed by atoms with Gasteiger partial charge in [0, 0.05) is 12.1 Å². The van der Waals surface area contributed by atoms with Gasteiger partial charge in [0.25, 0.3) is 0 Å². The van der Waals surface area contributed by atoms with Crippen molar-refractivity contribution in [1.29, 1.82) is 0 Å². The zero-order valence-corrected chi connectivity index (χ0v) is 10.4. The van der Waals surface area contributed by atoms with E-state index in [4.69, 9.17) is 5.73 Å². The van der Waals surface area contributed by atoms with Crippen molar-refractivity contribution in [3.05, 3.63) is 0 Å². The van der Waals surface area contributed by atoms with Crippen LogP contribution in [0.3, 0.4) is 0 Å². The van der Waals surface area contributed by atoms with E-state index in [9.17, 15) is 13.2 Å². The molecule has 0 amide bonds. The lowest BCUT2D eigenvalue weighted by atomic mass is 9.89. The number of nitrogens with two attached hydrogens (primary N) is 1. The lowest BCUT2D eigenvalue weighted by molar-refractivity contribution is -0.188. The van der Waals surface area contributed by atoms with Crippen LogP contribution in [0.5, 0.6) is 0 Å². The molecular formula is C10H20ClF3N2. The van der Waals surface area contributed by atoms with Gasteiger partial charge in [-0.1, -0.05) is 0 Å². The Labute approximate surface area is 101 Å². The molecule has 0 atom stereocenters. The molecule has 0 aromatic carbocycles. The van der Waals surface area contributed by atoms with Gasteiger partial charge in [0.1, 0.15) is 5.54 Å². The zero-order chi connectivity index (χ0) is 11.7. The van der Waals surface area contributed by atoms with Crippen LogP contribution in [0.15, 0.2) is 0 Å². The molecule has 1 aliphatic rings. The molecule has 1 rings (SSSR count). The van der Waals surface area contributed by atoms with E-state index >= 15 is 0 Å². The highest BCUT2D eigenvalue weighted by molar-refractivity contribution is 5.85. The summed E-state index contributed by atoms with van der Waals surface area (Å²) < 4.78 is 37.7. The monoisotopic (exact) mass is 260 g/mol. The molecule has 0 heterocycles. The standard InChI is InChI=1S/C10H19F3N2.ClH/c1-9(2,10(11,12)13)15-8-5-3-7(14)4-6-8;/h7-8,15H,3-6,14H2,1-2H3;1H. The maximum Gasteiger partial charge on any atom is 0.406 e. The molecule has 0 unspecified atom stereocenters. The Bertz CT molecular complexity index is 211. The first-order valence-corrected chi connectivity index (χ1v) is 5.32. The summed E-state index contributed by atoms with van der Waals surface area (Å²) in [6, 6.07) is 0.110. The summed E-state index contributed by atoms with van der Waals surface area (Å²) >= 11 is 0. The predicted molar refractivity (Wildman–Crippen MR) is 60.7 cm³/mol. The van der Waals surface area contributed by atoms with Crippen LogP contribution in [-0.4, -0.2) is 23.8 Å². The molecule has 0 spiro atoms. The fourth-order valence-corrected chi connectivity index (χ4v) is 1.86. The Kier molecular flexibility index (Phi) is 5.56. The van der Waals surface area contributed by atoms with Gasteiger partial charge in [-0.2, -0.15) is 13.2 Å². The Hall–Kier alpha value is -0.0000000000000000555. The first-order valence-electron chi connectivity index (χ1n) is 5.32. The Balaban J connectivity index is 0.00000225. The molecule has 0 radical (unpaired) electrons. The van der Waals surface area contributed by atoms with Gasteiger partial charge in [0.2, 0.25) is 0 Å². The molecule has 1 saturated carbocycles. The predicted octanol–water partition coefficient (Wildman–Crippen LogP) is 2.61. The smallest absolute Gasteiger partial charge is 0.328 e. The number of hydrogen-bond donors (Lipinski definition) is 2. The van der Waals surface area contributed by atoms with Gasteiger partial charge in [-0.05, 0) is 39.5 Å². The summed E-state index contributed by atoms with van der Waals surface area (Å²) in [5.41, 5.74) is 3.89. The highest BCUT2D eigenvalue weighted by Gasteiger charge is 2.48. The van der Waals surface area contributed by atoms with Crippen molar-refractivity contribution in [1.82, 2.24) is 5.32 Å². The van der Waals surface area contributed by atoms with Crippen LogP contribution in [0.4, 0.5) is 13.2 Å². The molecule has 1 fully saturated rings. The minimum Gasteiger partial charge on any atom is -0.328 e. The Morgan fingerprint density at radius 1 is 1.06 bits per heavy atom. The van der Waals surface area contributed by atoms with Crippen LogP contribution >= 0.6 is 12.4 Å². The maximum atomic E-state index is 12.6. The second kappa shape index (κ2) is 5.56. The lowest BCUT2D eigenvalue weighted by Gasteiger charge is -2.36. The summed E-state index contributed by atoms with van der Waals surface area (Å²) in [5, 5.41) is 2.68. The Morgan fingerprint density at radius 2 is 1.50 bits per heavy atom. The quantitative estimate of drug-likeness (QED) is 0.801. The highest BCUT2D eigenvalue weighted by Crippen LogP contribution is 2.31. The second-order valence-electron chi connectivity index (χ2n) is 4.88. The summed E-state index contributed by atoms with van der Waals surface area (Å²) in [6.07, 6.45) is -1.11. The summed E-state index contributed by atoms with van der Waals surface area (Å²) in [4.78, 5) is 0. The van der Waals surface area contributed by atoms with Crippen molar-refractivity contribution in [3.8, 4) is 0 Å². The summed E-state index contributed by atoms with van der Waals surface area (Å²) in [6.45, 7) is 2.36. The van der Waals surface area contributed by atoms with Crippen molar-refractivity contribution in [3.63, 3.8) is 0 Å². The van der Waals surface area contributed by atoms with Gasteiger partial charge in [-0.15, -0.1) is 12.4 Å². The highest BCUT2D eigenvalue weighted by atomic mass is 35.5. The van der Waals surface area contributed by atoms with E-state index in [0.717, 1.165) is 25.7 Å². The summed E-state index contributed by atoms with van der Waals surface area (Å²) in [7, 11) is 0. The third-order valence-corrected chi connectivity index (χ3v) is 3.05. The van der Waals surface area contributed by atoms with Crippen molar-refractivity contribution in [2.45, 2.75) is 63.3 Å². The van der Waals surface area contributed by atoms with Crippen LogP contribution in [0.1, 0.15) is 39.5 Å². The Morgan fingerprint density at radius 3 is 1.88 bits per heavy atom. The summed E-state index contributed by atoms with van der Waals surface area (Å²) in [5.74, 6) is 0. The van der Waals surface area contributed by atoms with Gasteiger partial charge >= 0.3 is 6.18 Å². The number of rotatable bonds is 2. The normalized spacial score (nSPS) is 27.4. The molecule has 0 aromatic heterocycles. The van der Waals surface area contributed by atoms with Crippen LogP contribution in [-0.2, 0) is 0 Å². The van der Waals surface area contributed by atoms with Crippen molar-refractivity contribution >= 4 is 12.4 Å². The topological polar surface area (TPSA) is 38.0 Å². The number of alkyl halides is 3. The average molecular weight is 261 g/mol. The third-order valence-electron chi connectivity index (χ3n) is 3.05. The lowest BCUT2D eigenvalue weighted by Crippen LogP contribution is -2.56. The van der Waals surface area contributed by atoms with Gasteiger partial charge in [0.05, 0.1) is 0 Å². The van der Waals surface area contributed by atoms with Gasteiger partial charge in [-0.3, -0.25) is 0 Å². The van der Waals surface area contributed by atoms with Crippen molar-refractivity contribution in [2.75, 3.05) is 0 Å². The zero-order valence-electron chi connectivity index (χ0n) is 9.60. The number of hydrogen-bond acceptors (Lipinski definition) is 2. The molecule has 0 bridgehead atoms. The van der Waals surface area contributed by atoms with Crippen LogP contribution in [0, 0.1) is 0 Å². The van der Waals surface area contributed by atoms with Gasteiger partial charge in [-0.25, -0.2) is 0 Å². The maximum absolute atomic E-state index is 12.6. The van der Waals surface area contributed by atoms with Crippen LogP contribution in [0.25, 0.3) is 0 Å². The van der Waals surface area contributed by atoms with Crippen LogP contribution < -0.4 is 11.1 Å². The molecular weight excluding hydrogens is 241 g/mol. The fraction of sp³-hybridized carbons (Fsp3) is 1.00. The van der Waals surface area contributed by atoms with E-state index in [-0.39, 0.29) is 24.5 Å². The van der Waals surface area contributed by atoms with E-state index in [1.54, 1.807) is 0 Å². The molecule has 1 aliphatic carbocycles. The van der Waals surface area contributed by atoms with Gasteiger partial charge < -0.3 is 11.1 Å². The van der Waals surface area contributed by atoms with Crippen molar-refractivity contribution < 1.29 is 13.2 Å². The minimum absolute atomic E-state index is 0. The number of nitrogens with one attached hydrogen (secondary N) is 1.